The molecule has 1 heterocycles. The number of carbonyl (C=O) groups excluding carboxylic acids is 1. The van der Waals surface area contributed by atoms with E-state index in [9.17, 15) is 14.9 Å². The number of hydrogen-bond donors (Lipinski definition) is 2. The molecule has 1 aromatic carbocycles. The summed E-state index contributed by atoms with van der Waals surface area (Å²) >= 11 is 0. The lowest BCUT2D eigenvalue weighted by Gasteiger charge is -2.26. The van der Waals surface area contributed by atoms with Crippen molar-refractivity contribution < 1.29 is 14.5 Å². The number of ether oxygens (including phenoxy) is 1. The Morgan fingerprint density at radius 3 is 2.82 bits per heavy atom. The fraction of sp³-hybridized carbons (Fsp3) is 0.550. The van der Waals surface area contributed by atoms with E-state index in [4.69, 9.17) is 4.74 Å². The summed E-state index contributed by atoms with van der Waals surface area (Å²) in [7, 11) is 0. The van der Waals surface area contributed by atoms with Gasteiger partial charge < -0.3 is 15.4 Å². The molecular formula is C20H28N4O4. The first-order valence-corrected chi connectivity index (χ1v) is 9.68. The zero-order valence-electron chi connectivity index (χ0n) is 16.3. The zero-order chi connectivity index (χ0) is 20.2. The summed E-state index contributed by atoms with van der Waals surface area (Å²) in [5, 5.41) is 17.1. The largest absolute Gasteiger partial charge is 0.379 e. The normalized spacial score (nSPS) is 14.0. The maximum atomic E-state index is 12.3. The third-order valence-electron chi connectivity index (χ3n) is 4.42. The molecule has 1 aromatic rings. The molecule has 8 heteroatoms. The van der Waals surface area contributed by atoms with Crippen LogP contribution in [0.15, 0.2) is 18.2 Å². The van der Waals surface area contributed by atoms with Crippen molar-refractivity contribution in [2.24, 2.45) is 0 Å². The minimum absolute atomic E-state index is 0.129. The number of morpholine rings is 1. The van der Waals surface area contributed by atoms with Crippen molar-refractivity contribution in [3.8, 4) is 11.8 Å². The number of amides is 1. The highest BCUT2D eigenvalue weighted by Crippen LogP contribution is 2.25. The Kier molecular flexibility index (Phi) is 9.25. The van der Waals surface area contributed by atoms with Crippen LogP contribution in [-0.2, 0) is 4.74 Å². The number of benzene rings is 1. The summed E-state index contributed by atoms with van der Waals surface area (Å²) in [5.74, 6) is 5.66. The Balaban J connectivity index is 1.89. The molecule has 8 nitrogen and oxygen atoms in total. The summed E-state index contributed by atoms with van der Waals surface area (Å²) in [4.78, 5) is 25.4. The molecule has 1 saturated heterocycles. The highest BCUT2D eigenvalue weighted by molar-refractivity contribution is 5.95. The van der Waals surface area contributed by atoms with Gasteiger partial charge in [0.1, 0.15) is 5.69 Å². The number of nitro groups is 1. The Morgan fingerprint density at radius 2 is 2.11 bits per heavy atom. The molecule has 0 aliphatic carbocycles. The average Bonchev–Trinajstić information content (AvgIpc) is 2.71. The van der Waals surface area contributed by atoms with E-state index in [1.165, 1.54) is 6.07 Å². The minimum atomic E-state index is -0.489. The van der Waals surface area contributed by atoms with Crippen LogP contribution >= 0.6 is 0 Å². The van der Waals surface area contributed by atoms with E-state index < -0.39 is 4.92 Å². The summed E-state index contributed by atoms with van der Waals surface area (Å²) in [6.45, 7) is 6.76. The van der Waals surface area contributed by atoms with Gasteiger partial charge >= 0.3 is 0 Å². The number of nitrogens with one attached hydrogen (secondary N) is 2. The fourth-order valence-electron chi connectivity index (χ4n) is 2.78. The van der Waals surface area contributed by atoms with E-state index in [0.717, 1.165) is 38.9 Å². The number of nitro benzene ring substituents is 1. The SMILES string of the molecule is CCCCC#CCNc1ccc(C(=O)NCCN2CCOCC2)cc1[N+](=O)[O-]. The predicted octanol–water partition coefficient (Wildman–Crippen LogP) is 2.26. The molecular weight excluding hydrogens is 360 g/mol. The topological polar surface area (TPSA) is 96.7 Å². The standard InChI is InChI=1S/C20H28N4O4/c1-2-3-4-5-6-9-21-18-8-7-17(16-19(18)24(26)27)20(25)22-10-11-23-12-14-28-15-13-23/h7-8,16,21H,2-4,9-15H2,1H3,(H,22,25). The van der Waals surface area contributed by atoms with Crippen LogP contribution in [-0.4, -0.2) is 61.7 Å². The van der Waals surface area contributed by atoms with E-state index in [1.807, 2.05) is 0 Å². The summed E-state index contributed by atoms with van der Waals surface area (Å²) in [6.07, 6.45) is 2.95. The fourth-order valence-corrected chi connectivity index (χ4v) is 2.78. The average molecular weight is 388 g/mol. The van der Waals surface area contributed by atoms with Crippen molar-refractivity contribution >= 4 is 17.3 Å². The van der Waals surface area contributed by atoms with Gasteiger partial charge in [0.2, 0.25) is 0 Å². The monoisotopic (exact) mass is 388 g/mol. The molecule has 0 saturated carbocycles. The summed E-state index contributed by atoms with van der Waals surface area (Å²) in [6, 6.07) is 4.45. The van der Waals surface area contributed by atoms with Gasteiger partial charge in [-0.15, -0.1) is 5.92 Å². The second-order valence-electron chi connectivity index (χ2n) is 6.51. The maximum absolute atomic E-state index is 12.3. The van der Waals surface area contributed by atoms with Crippen LogP contribution in [0.25, 0.3) is 0 Å². The van der Waals surface area contributed by atoms with Crippen molar-refractivity contribution in [1.29, 1.82) is 0 Å². The first-order valence-electron chi connectivity index (χ1n) is 9.68. The van der Waals surface area contributed by atoms with E-state index >= 15 is 0 Å². The second-order valence-corrected chi connectivity index (χ2v) is 6.51. The molecule has 2 N–H and O–H groups in total. The Morgan fingerprint density at radius 1 is 1.32 bits per heavy atom. The predicted molar refractivity (Wildman–Crippen MR) is 108 cm³/mol. The molecule has 0 spiro atoms. The van der Waals surface area contributed by atoms with Gasteiger partial charge in [-0.05, 0) is 18.6 Å². The van der Waals surface area contributed by atoms with Gasteiger partial charge in [-0.1, -0.05) is 19.3 Å². The van der Waals surface area contributed by atoms with Crippen LogP contribution in [0, 0.1) is 22.0 Å². The van der Waals surface area contributed by atoms with Gasteiger partial charge in [0, 0.05) is 44.2 Å². The third-order valence-corrected chi connectivity index (χ3v) is 4.42. The summed E-state index contributed by atoms with van der Waals surface area (Å²) in [5.41, 5.74) is 0.504. The number of hydrogen-bond acceptors (Lipinski definition) is 6. The van der Waals surface area contributed by atoms with Gasteiger partial charge in [0.15, 0.2) is 0 Å². The lowest BCUT2D eigenvalue weighted by atomic mass is 10.1. The van der Waals surface area contributed by atoms with E-state index in [-0.39, 0.29) is 17.2 Å². The zero-order valence-corrected chi connectivity index (χ0v) is 16.3. The molecule has 1 aliphatic rings. The highest BCUT2D eigenvalue weighted by Gasteiger charge is 2.17. The molecule has 1 fully saturated rings. The van der Waals surface area contributed by atoms with Crippen LogP contribution in [0.1, 0.15) is 36.5 Å². The van der Waals surface area contributed by atoms with Crippen LogP contribution in [0.5, 0.6) is 0 Å². The molecule has 1 amide bonds. The van der Waals surface area contributed by atoms with Gasteiger partial charge in [-0.3, -0.25) is 19.8 Å². The molecule has 1 aliphatic heterocycles. The molecule has 0 aromatic heterocycles. The van der Waals surface area contributed by atoms with Gasteiger partial charge in [-0.25, -0.2) is 0 Å². The quantitative estimate of drug-likeness (QED) is 0.292. The number of nitrogens with zero attached hydrogens (tertiary/aromatic N) is 2. The van der Waals surface area contributed by atoms with Crippen molar-refractivity contribution in [3.05, 3.63) is 33.9 Å². The van der Waals surface area contributed by atoms with Crippen molar-refractivity contribution in [2.75, 3.05) is 51.3 Å². The number of rotatable bonds is 9. The molecule has 0 radical (unpaired) electrons. The number of anilines is 1. The highest BCUT2D eigenvalue weighted by atomic mass is 16.6. The molecule has 0 atom stereocenters. The van der Waals surface area contributed by atoms with E-state index in [0.29, 0.717) is 32.0 Å². The first-order chi connectivity index (χ1) is 13.6. The van der Waals surface area contributed by atoms with Gasteiger partial charge in [0.25, 0.3) is 11.6 Å². The Labute approximate surface area is 165 Å². The minimum Gasteiger partial charge on any atom is -0.379 e. The lowest BCUT2D eigenvalue weighted by Crippen LogP contribution is -2.41. The van der Waals surface area contributed by atoms with E-state index in [2.05, 4.69) is 34.3 Å². The molecule has 0 bridgehead atoms. The number of carbonyl (C=O) groups is 1. The Hall–Kier alpha value is -2.63. The lowest BCUT2D eigenvalue weighted by molar-refractivity contribution is -0.384. The van der Waals surface area contributed by atoms with Crippen molar-refractivity contribution in [1.82, 2.24) is 10.2 Å². The Bertz CT molecular complexity index is 721. The third kappa shape index (κ3) is 7.18. The van der Waals surface area contributed by atoms with Crippen LogP contribution in [0.4, 0.5) is 11.4 Å². The maximum Gasteiger partial charge on any atom is 0.293 e. The molecule has 0 unspecified atom stereocenters. The van der Waals surface area contributed by atoms with Crippen LogP contribution in [0.2, 0.25) is 0 Å². The van der Waals surface area contributed by atoms with Crippen LogP contribution < -0.4 is 10.6 Å². The van der Waals surface area contributed by atoms with Crippen molar-refractivity contribution in [2.45, 2.75) is 26.2 Å². The second kappa shape index (κ2) is 12.0. The molecule has 28 heavy (non-hydrogen) atoms. The molecule has 152 valence electrons. The molecule has 2 rings (SSSR count). The summed E-state index contributed by atoms with van der Waals surface area (Å²) < 4.78 is 5.29. The van der Waals surface area contributed by atoms with Gasteiger partial charge in [0.05, 0.1) is 24.7 Å². The first kappa shape index (κ1) is 21.7. The van der Waals surface area contributed by atoms with Gasteiger partial charge in [-0.2, -0.15) is 0 Å². The van der Waals surface area contributed by atoms with E-state index in [1.54, 1.807) is 12.1 Å². The smallest absolute Gasteiger partial charge is 0.293 e. The number of unbranched alkanes of at least 4 members (excludes halogenated alkanes) is 2. The van der Waals surface area contributed by atoms with Crippen molar-refractivity contribution in [3.63, 3.8) is 0 Å². The van der Waals surface area contributed by atoms with Crippen LogP contribution in [0.3, 0.4) is 0 Å².